The molecule has 0 radical (unpaired) electrons. The number of nitrogens with two attached hydrogens (primary N) is 2. The topological polar surface area (TPSA) is 70.5 Å². The van der Waals surface area contributed by atoms with Crippen molar-refractivity contribution in [1.29, 1.82) is 0 Å². The van der Waals surface area contributed by atoms with E-state index in [1.807, 2.05) is 0 Å². The van der Waals surface area contributed by atoms with Gasteiger partial charge in [-0.25, -0.2) is 0 Å². The minimum absolute atomic E-state index is 0.0371. The second-order valence-electron chi connectivity index (χ2n) is 3.45. The third-order valence-corrected chi connectivity index (χ3v) is 2.69. The van der Waals surface area contributed by atoms with E-state index in [1.54, 1.807) is 0 Å². The molecule has 1 heterocycles. The number of hydrogen-bond donors (Lipinski definition) is 2. The van der Waals surface area contributed by atoms with Gasteiger partial charge in [-0.05, 0) is 12.8 Å². The van der Waals surface area contributed by atoms with Crippen LogP contribution in [0.15, 0.2) is 0 Å². The van der Waals surface area contributed by atoms with E-state index >= 15 is 0 Å². The van der Waals surface area contributed by atoms with E-state index in [0.717, 1.165) is 12.8 Å². The van der Waals surface area contributed by atoms with Crippen LogP contribution in [0.25, 0.3) is 0 Å². The summed E-state index contributed by atoms with van der Waals surface area (Å²) in [7, 11) is 0. The van der Waals surface area contributed by atoms with Gasteiger partial charge in [0.05, 0.1) is 0 Å². The van der Waals surface area contributed by atoms with E-state index in [2.05, 4.69) is 52.6 Å². The van der Waals surface area contributed by atoms with Crippen LogP contribution in [-0.2, 0) is 20.7 Å². The van der Waals surface area contributed by atoms with Crippen LogP contribution in [0, 0.1) is 0 Å². The van der Waals surface area contributed by atoms with Crippen LogP contribution in [0.3, 0.4) is 0 Å². The molecule has 0 aliphatic carbocycles. The number of hydrogen-bond acceptors (Lipinski definition) is 4. The van der Waals surface area contributed by atoms with Crippen molar-refractivity contribution in [2.45, 2.75) is 44.7 Å². The first-order valence-electron chi connectivity index (χ1n) is 5.21. The molecule has 1 aliphatic rings. The molecule has 0 aromatic rings. The summed E-state index contributed by atoms with van der Waals surface area (Å²) in [6.45, 7) is 5.05. The van der Waals surface area contributed by atoms with Crippen molar-refractivity contribution in [1.82, 2.24) is 0 Å². The van der Waals surface area contributed by atoms with Crippen LogP contribution in [0.1, 0.15) is 26.7 Å². The Kier molecular flexibility index (Phi) is 11.1. The van der Waals surface area contributed by atoms with Gasteiger partial charge in [-0.2, -0.15) is 0 Å². The average Bonchev–Trinajstić information content (AvgIpc) is 2.69. The van der Waals surface area contributed by atoms with Gasteiger partial charge in [0.15, 0.2) is 5.79 Å². The Labute approximate surface area is 127 Å². The second-order valence-corrected chi connectivity index (χ2v) is 20.0. The molecule has 0 saturated carbocycles. The SMILES string of the molecule is CCC1(CC)O[C@H](CN)[C@@H](CN)O1.[I][Pt][I]. The third-order valence-electron chi connectivity index (χ3n) is 2.69. The number of rotatable bonds is 4. The first-order chi connectivity index (χ1) is 7.62. The Bertz CT molecular complexity index is 171. The van der Waals surface area contributed by atoms with Gasteiger partial charge in [0.2, 0.25) is 0 Å². The zero-order valence-corrected chi connectivity index (χ0v) is 16.1. The van der Waals surface area contributed by atoms with Crippen LogP contribution in [0.5, 0.6) is 0 Å². The Hall–Kier alpha value is 1.99. The number of halogens is 2. The molecule has 1 rings (SSSR count). The summed E-state index contributed by atoms with van der Waals surface area (Å²) < 4.78 is 11.5. The van der Waals surface area contributed by atoms with E-state index in [1.165, 1.54) is 0 Å². The monoisotopic (exact) mass is 637 g/mol. The van der Waals surface area contributed by atoms with Gasteiger partial charge in [0.1, 0.15) is 12.2 Å². The zero-order chi connectivity index (χ0) is 12.6. The average molecular weight is 637 g/mol. The molecule has 1 aliphatic heterocycles. The first kappa shape index (κ1) is 18.0. The summed E-state index contributed by atoms with van der Waals surface area (Å²) in [5.41, 5.74) is 11.1. The molecule has 102 valence electrons. The summed E-state index contributed by atoms with van der Waals surface area (Å²) in [5, 5.41) is 0. The van der Waals surface area contributed by atoms with Crippen molar-refractivity contribution >= 4 is 38.7 Å². The van der Waals surface area contributed by atoms with Crippen molar-refractivity contribution in [3.05, 3.63) is 0 Å². The van der Waals surface area contributed by atoms with Gasteiger partial charge in [-0.3, -0.25) is 0 Å². The van der Waals surface area contributed by atoms with Crippen LogP contribution in [-0.4, -0.2) is 31.1 Å². The molecule has 0 spiro atoms. The normalized spacial score (nSPS) is 27.6. The molecule has 7 heteroatoms. The van der Waals surface area contributed by atoms with E-state index in [4.69, 9.17) is 20.9 Å². The van der Waals surface area contributed by atoms with Crippen LogP contribution >= 0.6 is 38.7 Å². The summed E-state index contributed by atoms with van der Waals surface area (Å²) in [6, 6.07) is 0. The molecule has 0 bridgehead atoms. The molecule has 0 aromatic carbocycles. The fourth-order valence-electron chi connectivity index (χ4n) is 1.71. The van der Waals surface area contributed by atoms with Crippen LogP contribution < -0.4 is 11.5 Å². The Balaban J connectivity index is 0.000000673. The summed E-state index contributed by atoms with van der Waals surface area (Å²) in [6.07, 6.45) is 1.61. The summed E-state index contributed by atoms with van der Waals surface area (Å²) in [4.78, 5) is 0. The second kappa shape index (κ2) is 9.86. The van der Waals surface area contributed by atoms with Gasteiger partial charge >= 0.3 is 49.9 Å². The standard InChI is InChI=1S/C9H20N2O2.2HI.Pt/c1-3-9(4-2)12-7(5-10)8(6-11)13-9;;;/h7-8H,3-6,10-11H2,1-2H3;2*1H;/q;;;+2/p-2/t7-,8-;;;/m1.../s1. The van der Waals surface area contributed by atoms with Gasteiger partial charge in [0, 0.05) is 13.1 Å². The molecule has 4 nitrogen and oxygen atoms in total. The van der Waals surface area contributed by atoms with E-state index in [-0.39, 0.29) is 12.2 Å². The molecule has 1 saturated heterocycles. The van der Waals surface area contributed by atoms with Crippen molar-refractivity contribution in [3.8, 4) is 0 Å². The maximum absolute atomic E-state index is 5.77. The predicted octanol–water partition coefficient (Wildman–Crippen LogP) is 1.97. The van der Waals surface area contributed by atoms with Gasteiger partial charge < -0.3 is 20.9 Å². The van der Waals surface area contributed by atoms with Gasteiger partial charge in [0.25, 0.3) is 0 Å². The molecule has 2 atom stereocenters. The minimum atomic E-state index is -0.436. The Morgan fingerprint density at radius 3 is 1.56 bits per heavy atom. The van der Waals surface area contributed by atoms with Crippen LogP contribution in [0.2, 0.25) is 0 Å². The molecule has 16 heavy (non-hydrogen) atoms. The first-order valence-corrected chi connectivity index (χ1v) is 18.1. The molecule has 1 fully saturated rings. The van der Waals surface area contributed by atoms with E-state index < -0.39 is 5.79 Å². The van der Waals surface area contributed by atoms with Crippen molar-refractivity contribution in [2.24, 2.45) is 11.5 Å². The fraction of sp³-hybridized carbons (Fsp3) is 1.00. The van der Waals surface area contributed by atoms with Gasteiger partial charge in [-0.15, -0.1) is 0 Å². The van der Waals surface area contributed by atoms with Crippen molar-refractivity contribution < 1.29 is 20.7 Å². The summed E-state index contributed by atoms with van der Waals surface area (Å²) >= 11 is 5.30. The maximum atomic E-state index is 5.77. The molecule has 4 N–H and O–H groups in total. The summed E-state index contributed by atoms with van der Waals surface area (Å²) in [5.74, 6) is -0.436. The quantitative estimate of drug-likeness (QED) is 0.464. The van der Waals surface area contributed by atoms with Crippen molar-refractivity contribution in [2.75, 3.05) is 13.1 Å². The van der Waals surface area contributed by atoms with E-state index in [9.17, 15) is 0 Å². The Morgan fingerprint density at radius 2 is 1.38 bits per heavy atom. The zero-order valence-electron chi connectivity index (χ0n) is 9.53. The molecule has 0 unspecified atom stereocenters. The molecular formula is C9H20I2N2O2Pt. The predicted molar refractivity (Wildman–Crippen MR) is 79.2 cm³/mol. The molecule has 0 aromatic heterocycles. The van der Waals surface area contributed by atoms with Crippen LogP contribution in [0.4, 0.5) is 0 Å². The van der Waals surface area contributed by atoms with Crippen molar-refractivity contribution in [3.63, 3.8) is 0 Å². The number of ether oxygens (including phenoxy) is 2. The fourth-order valence-corrected chi connectivity index (χ4v) is 1.71. The Morgan fingerprint density at radius 1 is 1.06 bits per heavy atom. The molecule has 0 amide bonds. The van der Waals surface area contributed by atoms with Gasteiger partial charge in [-0.1, -0.05) is 13.8 Å². The van der Waals surface area contributed by atoms with E-state index in [0.29, 0.717) is 24.3 Å². The molecular weight excluding hydrogens is 617 g/mol. The third kappa shape index (κ3) is 5.32.